The molecular formula is C15H18N4O. The lowest BCUT2D eigenvalue weighted by molar-refractivity contribution is -0.123. The summed E-state index contributed by atoms with van der Waals surface area (Å²) in [6, 6.07) is 9.57. The van der Waals surface area contributed by atoms with Crippen molar-refractivity contribution in [2.24, 2.45) is 5.41 Å². The molecule has 1 aliphatic heterocycles. The summed E-state index contributed by atoms with van der Waals surface area (Å²) >= 11 is 0. The lowest BCUT2D eigenvalue weighted by atomic mass is 9.89. The number of hydrogen-bond donors (Lipinski definition) is 2. The van der Waals surface area contributed by atoms with Gasteiger partial charge < -0.3 is 10.6 Å². The average Bonchev–Trinajstić information content (AvgIpc) is 3.11. The SMILES string of the molecule is CC1(C(=O)Nc2ccc(-n3cccn3)cc2)CCNC1. The van der Waals surface area contributed by atoms with E-state index < -0.39 is 0 Å². The molecule has 0 saturated carbocycles. The molecule has 0 spiro atoms. The van der Waals surface area contributed by atoms with Crippen molar-refractivity contribution in [1.29, 1.82) is 0 Å². The van der Waals surface area contributed by atoms with Gasteiger partial charge in [-0.05, 0) is 50.2 Å². The van der Waals surface area contributed by atoms with Crippen molar-refractivity contribution in [2.45, 2.75) is 13.3 Å². The molecule has 2 heterocycles. The van der Waals surface area contributed by atoms with Crippen LogP contribution in [0.1, 0.15) is 13.3 Å². The Hall–Kier alpha value is -2.14. The zero-order valence-corrected chi connectivity index (χ0v) is 11.5. The van der Waals surface area contributed by atoms with Gasteiger partial charge in [0, 0.05) is 24.6 Å². The van der Waals surface area contributed by atoms with Gasteiger partial charge in [-0.2, -0.15) is 5.10 Å². The molecular weight excluding hydrogens is 252 g/mol. The number of nitrogens with zero attached hydrogens (tertiary/aromatic N) is 2. The largest absolute Gasteiger partial charge is 0.326 e. The average molecular weight is 270 g/mol. The Bertz CT molecular complexity index is 583. The van der Waals surface area contributed by atoms with E-state index in [-0.39, 0.29) is 11.3 Å². The van der Waals surface area contributed by atoms with Gasteiger partial charge in [0.25, 0.3) is 0 Å². The van der Waals surface area contributed by atoms with E-state index >= 15 is 0 Å². The lowest BCUT2D eigenvalue weighted by Crippen LogP contribution is -2.35. The van der Waals surface area contributed by atoms with Crippen molar-refractivity contribution < 1.29 is 4.79 Å². The standard InChI is InChI=1S/C15H18N4O/c1-15(7-9-16-11-15)14(20)18-12-3-5-13(6-4-12)19-10-2-8-17-19/h2-6,8,10,16H,7,9,11H2,1H3,(H,18,20). The third kappa shape index (κ3) is 2.44. The maximum absolute atomic E-state index is 12.3. The summed E-state index contributed by atoms with van der Waals surface area (Å²) < 4.78 is 1.79. The van der Waals surface area contributed by atoms with E-state index in [4.69, 9.17) is 0 Å². The van der Waals surface area contributed by atoms with Crippen molar-refractivity contribution in [2.75, 3.05) is 18.4 Å². The molecule has 1 unspecified atom stereocenters. The third-order valence-electron chi connectivity index (χ3n) is 3.81. The maximum Gasteiger partial charge on any atom is 0.231 e. The number of rotatable bonds is 3. The molecule has 0 bridgehead atoms. The van der Waals surface area contributed by atoms with Crippen LogP contribution in [0, 0.1) is 5.41 Å². The van der Waals surface area contributed by atoms with Crippen LogP contribution in [0.2, 0.25) is 0 Å². The molecule has 1 aliphatic rings. The van der Waals surface area contributed by atoms with E-state index in [9.17, 15) is 4.79 Å². The molecule has 1 aromatic heterocycles. The summed E-state index contributed by atoms with van der Waals surface area (Å²) in [4.78, 5) is 12.3. The van der Waals surface area contributed by atoms with Crippen molar-refractivity contribution in [3.63, 3.8) is 0 Å². The molecule has 0 aliphatic carbocycles. The van der Waals surface area contributed by atoms with E-state index in [1.807, 2.05) is 43.5 Å². The highest BCUT2D eigenvalue weighted by molar-refractivity contribution is 5.95. The first kappa shape index (κ1) is 12.9. The second-order valence-corrected chi connectivity index (χ2v) is 5.44. The molecule has 104 valence electrons. The summed E-state index contributed by atoms with van der Waals surface area (Å²) in [7, 11) is 0. The predicted octanol–water partition coefficient (Wildman–Crippen LogP) is 1.81. The van der Waals surface area contributed by atoms with E-state index in [0.717, 1.165) is 30.9 Å². The summed E-state index contributed by atoms with van der Waals surface area (Å²) in [5.74, 6) is 0.0781. The number of nitrogens with one attached hydrogen (secondary N) is 2. The van der Waals surface area contributed by atoms with Gasteiger partial charge in [0.05, 0.1) is 11.1 Å². The highest BCUT2D eigenvalue weighted by atomic mass is 16.2. The zero-order chi connectivity index (χ0) is 14.0. The van der Waals surface area contributed by atoms with Crippen molar-refractivity contribution >= 4 is 11.6 Å². The summed E-state index contributed by atoms with van der Waals surface area (Å²) in [5, 5.41) is 10.4. The molecule has 20 heavy (non-hydrogen) atoms. The van der Waals surface area contributed by atoms with Gasteiger partial charge in [-0.25, -0.2) is 4.68 Å². The van der Waals surface area contributed by atoms with Gasteiger partial charge in [-0.15, -0.1) is 0 Å². The van der Waals surface area contributed by atoms with Gasteiger partial charge in [-0.3, -0.25) is 4.79 Å². The monoisotopic (exact) mass is 270 g/mol. The van der Waals surface area contributed by atoms with Gasteiger partial charge in [0.15, 0.2) is 0 Å². The highest BCUT2D eigenvalue weighted by Gasteiger charge is 2.36. The first-order chi connectivity index (χ1) is 9.67. The number of aromatic nitrogens is 2. The normalized spacial score (nSPS) is 21.9. The highest BCUT2D eigenvalue weighted by Crippen LogP contribution is 2.26. The van der Waals surface area contributed by atoms with Crippen molar-refractivity contribution in [3.05, 3.63) is 42.7 Å². The number of benzene rings is 1. The Morgan fingerprint density at radius 3 is 2.80 bits per heavy atom. The van der Waals surface area contributed by atoms with E-state index in [1.54, 1.807) is 10.9 Å². The molecule has 1 fully saturated rings. The maximum atomic E-state index is 12.3. The van der Waals surface area contributed by atoms with Gasteiger partial charge in [0.1, 0.15) is 0 Å². The third-order valence-corrected chi connectivity index (χ3v) is 3.81. The van der Waals surface area contributed by atoms with E-state index in [1.165, 1.54) is 0 Å². The van der Waals surface area contributed by atoms with Crippen molar-refractivity contribution in [1.82, 2.24) is 15.1 Å². The lowest BCUT2D eigenvalue weighted by Gasteiger charge is -2.21. The Morgan fingerprint density at radius 1 is 1.40 bits per heavy atom. The van der Waals surface area contributed by atoms with Crippen LogP contribution in [0.3, 0.4) is 0 Å². The minimum absolute atomic E-state index is 0.0781. The Labute approximate surface area is 118 Å². The quantitative estimate of drug-likeness (QED) is 0.894. The van der Waals surface area contributed by atoms with Crippen LogP contribution in [-0.2, 0) is 4.79 Å². The van der Waals surface area contributed by atoms with Gasteiger partial charge in [-0.1, -0.05) is 0 Å². The molecule has 0 radical (unpaired) electrons. The smallest absolute Gasteiger partial charge is 0.231 e. The summed E-state index contributed by atoms with van der Waals surface area (Å²) in [5.41, 5.74) is 1.49. The summed E-state index contributed by atoms with van der Waals surface area (Å²) in [6.07, 6.45) is 4.51. The molecule has 1 saturated heterocycles. The fraction of sp³-hybridized carbons (Fsp3) is 0.333. The molecule has 5 nitrogen and oxygen atoms in total. The molecule has 1 atom stereocenters. The van der Waals surface area contributed by atoms with E-state index in [2.05, 4.69) is 15.7 Å². The van der Waals surface area contributed by atoms with Gasteiger partial charge in [0.2, 0.25) is 5.91 Å². The van der Waals surface area contributed by atoms with Crippen LogP contribution >= 0.6 is 0 Å². The fourth-order valence-electron chi connectivity index (χ4n) is 2.41. The molecule has 1 amide bonds. The fourth-order valence-corrected chi connectivity index (χ4v) is 2.41. The molecule has 2 N–H and O–H groups in total. The van der Waals surface area contributed by atoms with Crippen LogP contribution in [0.25, 0.3) is 5.69 Å². The Balaban J connectivity index is 1.71. The van der Waals surface area contributed by atoms with E-state index in [0.29, 0.717) is 0 Å². The Morgan fingerprint density at radius 2 is 2.20 bits per heavy atom. The van der Waals surface area contributed by atoms with Crippen LogP contribution in [0.4, 0.5) is 5.69 Å². The number of hydrogen-bond acceptors (Lipinski definition) is 3. The topological polar surface area (TPSA) is 59.0 Å². The second kappa shape index (κ2) is 5.09. The van der Waals surface area contributed by atoms with Crippen LogP contribution < -0.4 is 10.6 Å². The molecule has 3 rings (SSSR count). The molecule has 2 aromatic rings. The van der Waals surface area contributed by atoms with Crippen molar-refractivity contribution in [3.8, 4) is 5.69 Å². The molecule has 5 heteroatoms. The first-order valence-corrected chi connectivity index (χ1v) is 6.80. The van der Waals surface area contributed by atoms with Gasteiger partial charge >= 0.3 is 0 Å². The predicted molar refractivity (Wildman–Crippen MR) is 77.8 cm³/mol. The summed E-state index contributed by atoms with van der Waals surface area (Å²) in [6.45, 7) is 3.65. The number of anilines is 1. The van der Waals surface area contributed by atoms with Crippen LogP contribution in [0.15, 0.2) is 42.7 Å². The Kier molecular flexibility index (Phi) is 3.28. The molecule has 1 aromatic carbocycles. The number of amides is 1. The zero-order valence-electron chi connectivity index (χ0n) is 11.5. The first-order valence-electron chi connectivity index (χ1n) is 6.80. The number of carbonyl (C=O) groups is 1. The number of carbonyl (C=O) groups excluding carboxylic acids is 1. The van der Waals surface area contributed by atoms with Crippen LogP contribution in [-0.4, -0.2) is 28.8 Å². The second-order valence-electron chi connectivity index (χ2n) is 5.44. The minimum atomic E-state index is -0.305. The van der Waals surface area contributed by atoms with Crippen LogP contribution in [0.5, 0.6) is 0 Å². The minimum Gasteiger partial charge on any atom is -0.326 e.